The molecule has 0 fully saturated rings. The highest BCUT2D eigenvalue weighted by Crippen LogP contribution is 2.30. The average molecular weight is 391 g/mol. The van der Waals surface area contributed by atoms with Gasteiger partial charge in [0.05, 0.1) is 15.6 Å². The maximum absolute atomic E-state index is 12.7. The maximum atomic E-state index is 12.7. The van der Waals surface area contributed by atoms with Crippen LogP contribution in [0, 0.1) is 5.92 Å². The van der Waals surface area contributed by atoms with Crippen molar-refractivity contribution in [3.05, 3.63) is 69.2 Å². The first-order chi connectivity index (χ1) is 11.3. The van der Waals surface area contributed by atoms with E-state index in [1.54, 1.807) is 12.1 Å². The zero-order chi connectivity index (χ0) is 17.7. The van der Waals surface area contributed by atoms with Gasteiger partial charge in [-0.1, -0.05) is 61.8 Å². The summed E-state index contributed by atoms with van der Waals surface area (Å²) in [6.07, 6.45) is -0.956. The Morgan fingerprint density at radius 1 is 0.880 bits per heavy atom. The van der Waals surface area contributed by atoms with E-state index in [-0.39, 0.29) is 7.43 Å². The van der Waals surface area contributed by atoms with Crippen LogP contribution in [-0.4, -0.2) is 0 Å². The Labute approximate surface area is 158 Å². The third kappa shape index (κ3) is 6.91. The molecule has 0 saturated carbocycles. The summed E-state index contributed by atoms with van der Waals surface area (Å²) in [6.45, 7) is 2.12. The first-order valence-corrected chi connectivity index (χ1v) is 8.61. The second kappa shape index (κ2) is 9.49. The SMILES string of the molecule is C.C[C@@H](CCc1cccc(C(F)(F)F)c1)CCc1ccc(Cl)c(Cl)c1. The maximum Gasteiger partial charge on any atom is 0.416 e. The van der Waals surface area contributed by atoms with Crippen molar-refractivity contribution in [1.29, 1.82) is 0 Å². The van der Waals surface area contributed by atoms with Crippen LogP contribution in [0.25, 0.3) is 0 Å². The molecule has 0 spiro atoms. The first kappa shape index (κ1) is 21.9. The monoisotopic (exact) mass is 390 g/mol. The zero-order valence-electron chi connectivity index (χ0n) is 13.3. The van der Waals surface area contributed by atoms with Crippen molar-refractivity contribution in [3.63, 3.8) is 0 Å². The zero-order valence-corrected chi connectivity index (χ0v) is 14.8. The lowest BCUT2D eigenvalue weighted by molar-refractivity contribution is -0.137. The number of hydrogen-bond donors (Lipinski definition) is 0. The van der Waals surface area contributed by atoms with E-state index in [0.717, 1.165) is 36.5 Å². The topological polar surface area (TPSA) is 0 Å². The Balaban J connectivity index is 0.00000312. The molecule has 0 aliphatic heterocycles. The van der Waals surface area contributed by atoms with Crippen molar-refractivity contribution >= 4 is 23.2 Å². The van der Waals surface area contributed by atoms with Crippen LogP contribution in [0.5, 0.6) is 0 Å². The molecule has 0 amide bonds. The van der Waals surface area contributed by atoms with Gasteiger partial charge in [-0.2, -0.15) is 13.2 Å². The molecule has 138 valence electrons. The molecule has 0 aliphatic carbocycles. The third-order valence-corrected chi connectivity index (χ3v) is 4.83. The normalized spacial score (nSPS) is 12.6. The Kier molecular flexibility index (Phi) is 8.30. The Morgan fingerprint density at radius 3 is 2.04 bits per heavy atom. The van der Waals surface area contributed by atoms with E-state index in [1.165, 1.54) is 12.1 Å². The fourth-order valence-electron chi connectivity index (χ4n) is 2.57. The van der Waals surface area contributed by atoms with E-state index < -0.39 is 11.7 Å². The largest absolute Gasteiger partial charge is 0.416 e. The Morgan fingerprint density at radius 2 is 1.48 bits per heavy atom. The molecule has 0 N–H and O–H groups in total. The summed E-state index contributed by atoms with van der Waals surface area (Å²) >= 11 is 11.9. The number of benzene rings is 2. The van der Waals surface area contributed by atoms with Gasteiger partial charge in [0.25, 0.3) is 0 Å². The molecule has 0 aromatic heterocycles. The molecular formula is C20H23Cl2F3. The van der Waals surface area contributed by atoms with Gasteiger partial charge in [-0.05, 0) is 60.9 Å². The summed E-state index contributed by atoms with van der Waals surface area (Å²) in [6, 6.07) is 11.2. The molecular weight excluding hydrogens is 368 g/mol. The standard InChI is InChI=1S/C19H19Cl2F3.CH4/c1-13(6-8-15-9-10-17(20)18(21)12-15)5-7-14-3-2-4-16(11-14)19(22,23)24;/h2-4,9-13H,5-8H2,1H3;1H4/t13-;/m0./s1. The number of rotatable bonds is 6. The predicted molar refractivity (Wildman–Crippen MR) is 100 cm³/mol. The smallest absolute Gasteiger partial charge is 0.166 e. The number of aryl methyl sites for hydroxylation is 2. The van der Waals surface area contributed by atoms with Crippen molar-refractivity contribution in [3.8, 4) is 0 Å². The van der Waals surface area contributed by atoms with E-state index in [1.807, 2.05) is 12.1 Å². The minimum Gasteiger partial charge on any atom is -0.166 e. The summed E-state index contributed by atoms with van der Waals surface area (Å²) in [4.78, 5) is 0. The molecule has 1 atom stereocenters. The summed E-state index contributed by atoms with van der Waals surface area (Å²) in [5, 5.41) is 1.09. The Bertz CT molecular complexity index is 681. The predicted octanol–water partition coefficient (Wildman–Crippen LogP) is 7.85. The van der Waals surface area contributed by atoms with Crippen LogP contribution in [0.15, 0.2) is 42.5 Å². The van der Waals surface area contributed by atoms with E-state index in [2.05, 4.69) is 6.92 Å². The minimum atomic E-state index is -4.28. The van der Waals surface area contributed by atoms with Crippen LogP contribution in [-0.2, 0) is 19.0 Å². The van der Waals surface area contributed by atoms with Gasteiger partial charge in [0, 0.05) is 0 Å². The fourth-order valence-corrected chi connectivity index (χ4v) is 2.89. The van der Waals surface area contributed by atoms with Crippen molar-refractivity contribution in [2.45, 2.75) is 46.2 Å². The quantitative estimate of drug-likeness (QED) is 0.470. The van der Waals surface area contributed by atoms with Gasteiger partial charge >= 0.3 is 6.18 Å². The van der Waals surface area contributed by atoms with Crippen LogP contribution in [0.1, 0.15) is 43.9 Å². The van der Waals surface area contributed by atoms with Gasteiger partial charge < -0.3 is 0 Å². The summed E-state index contributed by atoms with van der Waals surface area (Å²) < 4.78 is 38.1. The third-order valence-electron chi connectivity index (χ3n) is 4.09. The minimum absolute atomic E-state index is 0. The van der Waals surface area contributed by atoms with E-state index in [0.29, 0.717) is 22.4 Å². The summed E-state index contributed by atoms with van der Waals surface area (Å²) in [5.74, 6) is 0.411. The molecule has 0 radical (unpaired) electrons. The molecule has 25 heavy (non-hydrogen) atoms. The van der Waals surface area contributed by atoms with Gasteiger partial charge in [-0.3, -0.25) is 0 Å². The van der Waals surface area contributed by atoms with Gasteiger partial charge in [-0.25, -0.2) is 0 Å². The van der Waals surface area contributed by atoms with Gasteiger partial charge in [0.2, 0.25) is 0 Å². The number of hydrogen-bond acceptors (Lipinski definition) is 0. The van der Waals surface area contributed by atoms with Gasteiger partial charge in [0.15, 0.2) is 0 Å². The van der Waals surface area contributed by atoms with Crippen LogP contribution >= 0.6 is 23.2 Å². The van der Waals surface area contributed by atoms with Crippen LogP contribution in [0.3, 0.4) is 0 Å². The second-order valence-electron chi connectivity index (χ2n) is 6.13. The lowest BCUT2D eigenvalue weighted by Crippen LogP contribution is -2.06. The molecule has 2 rings (SSSR count). The second-order valence-corrected chi connectivity index (χ2v) is 6.94. The molecule has 2 aromatic rings. The number of halogens is 5. The fraction of sp³-hybridized carbons (Fsp3) is 0.400. The van der Waals surface area contributed by atoms with Crippen LogP contribution < -0.4 is 0 Å². The van der Waals surface area contributed by atoms with Crippen LogP contribution in [0.2, 0.25) is 10.0 Å². The molecule has 2 aromatic carbocycles. The molecule has 0 saturated heterocycles. The molecule has 0 unspecified atom stereocenters. The van der Waals surface area contributed by atoms with Crippen molar-refractivity contribution in [2.24, 2.45) is 5.92 Å². The highest BCUT2D eigenvalue weighted by Gasteiger charge is 2.30. The van der Waals surface area contributed by atoms with E-state index >= 15 is 0 Å². The molecule has 0 heterocycles. The lowest BCUT2D eigenvalue weighted by Gasteiger charge is -2.13. The van der Waals surface area contributed by atoms with Crippen LogP contribution in [0.4, 0.5) is 13.2 Å². The summed E-state index contributed by atoms with van der Waals surface area (Å²) in [5.41, 5.74) is 1.27. The summed E-state index contributed by atoms with van der Waals surface area (Å²) in [7, 11) is 0. The van der Waals surface area contributed by atoms with Crippen molar-refractivity contribution in [1.82, 2.24) is 0 Å². The van der Waals surface area contributed by atoms with Crippen molar-refractivity contribution < 1.29 is 13.2 Å². The van der Waals surface area contributed by atoms with E-state index in [9.17, 15) is 13.2 Å². The Hall–Kier alpha value is -1.19. The number of alkyl halides is 3. The van der Waals surface area contributed by atoms with Gasteiger partial charge in [-0.15, -0.1) is 0 Å². The first-order valence-electron chi connectivity index (χ1n) is 7.86. The molecule has 0 aliphatic rings. The van der Waals surface area contributed by atoms with Gasteiger partial charge in [0.1, 0.15) is 0 Å². The highest BCUT2D eigenvalue weighted by atomic mass is 35.5. The molecule has 0 nitrogen and oxygen atoms in total. The molecule has 0 bridgehead atoms. The lowest BCUT2D eigenvalue weighted by atomic mass is 9.94. The average Bonchev–Trinajstić information content (AvgIpc) is 2.53. The highest BCUT2D eigenvalue weighted by molar-refractivity contribution is 6.42. The van der Waals surface area contributed by atoms with E-state index in [4.69, 9.17) is 23.2 Å². The molecule has 5 heteroatoms. The van der Waals surface area contributed by atoms with Crippen molar-refractivity contribution in [2.75, 3.05) is 0 Å².